The lowest BCUT2D eigenvalue weighted by molar-refractivity contribution is -0.373. The quantitative estimate of drug-likeness (QED) is 0.730. The summed E-state index contributed by atoms with van der Waals surface area (Å²) in [5.74, 6) is 0. The summed E-state index contributed by atoms with van der Waals surface area (Å²) >= 11 is 12.4. The second-order valence-corrected chi connectivity index (χ2v) is 8.45. The van der Waals surface area contributed by atoms with E-state index in [4.69, 9.17) is 42.1 Å². The lowest BCUT2D eigenvalue weighted by atomic mass is 9.99. The van der Waals surface area contributed by atoms with Crippen LogP contribution in [0.1, 0.15) is 34.8 Å². The van der Waals surface area contributed by atoms with Crippen molar-refractivity contribution in [1.29, 1.82) is 0 Å². The highest BCUT2D eigenvalue weighted by atomic mass is 35.5. The minimum atomic E-state index is -1.14. The summed E-state index contributed by atoms with van der Waals surface area (Å²) in [6.45, 7) is 3.58. The first kappa shape index (κ1) is 22.0. The minimum absolute atomic E-state index is 0.238. The number of benzene rings is 2. The molecule has 2 aliphatic heterocycles. The summed E-state index contributed by atoms with van der Waals surface area (Å²) < 4.78 is 24.1. The van der Waals surface area contributed by atoms with E-state index in [9.17, 15) is 10.2 Å². The van der Waals surface area contributed by atoms with Crippen LogP contribution in [-0.4, -0.2) is 47.8 Å². The van der Waals surface area contributed by atoms with Crippen LogP contribution in [0.4, 0.5) is 0 Å². The third-order valence-corrected chi connectivity index (χ3v) is 6.28. The average Bonchev–Trinajstić information content (AvgIpc) is 2.75. The monoisotopic (exact) mass is 454 g/mol. The summed E-state index contributed by atoms with van der Waals surface area (Å²) in [6, 6.07) is 11.0. The second-order valence-electron chi connectivity index (χ2n) is 7.64. The highest BCUT2D eigenvalue weighted by Crippen LogP contribution is 2.39. The third-order valence-electron chi connectivity index (χ3n) is 5.45. The van der Waals surface area contributed by atoms with Crippen LogP contribution in [0.3, 0.4) is 0 Å². The Morgan fingerprint density at radius 3 is 2.37 bits per heavy atom. The number of aliphatic hydroxyl groups is 2. The number of fused-ring (bicyclic) bond motifs is 1. The van der Waals surface area contributed by atoms with E-state index >= 15 is 0 Å². The van der Waals surface area contributed by atoms with E-state index in [1.807, 2.05) is 38.1 Å². The lowest BCUT2D eigenvalue weighted by Gasteiger charge is -2.47. The first-order valence-corrected chi connectivity index (χ1v) is 10.5. The van der Waals surface area contributed by atoms with Gasteiger partial charge in [0.2, 0.25) is 0 Å². The van der Waals surface area contributed by atoms with Crippen LogP contribution in [0.2, 0.25) is 10.0 Å². The van der Waals surface area contributed by atoms with Gasteiger partial charge >= 0.3 is 0 Å². The standard InChI is InChI=1S/C22H24Cl2O6/c1-11-3-4-14(8-16(11)24)21-27-10-18-20(30-21)19(17(26)9-25)29-22(28-18)13-5-6-15(23)12(2)7-13/h3-8,17-22,25-26H,9-10H2,1-2H3/t17-,18+,19-,20-,21?,22?/m1/s1. The van der Waals surface area contributed by atoms with E-state index < -0.39 is 43.6 Å². The van der Waals surface area contributed by atoms with Crippen LogP contribution in [0.25, 0.3) is 0 Å². The molecule has 0 bridgehead atoms. The van der Waals surface area contributed by atoms with Crippen molar-refractivity contribution in [2.45, 2.75) is 50.8 Å². The van der Waals surface area contributed by atoms with Crippen molar-refractivity contribution in [2.24, 2.45) is 0 Å². The van der Waals surface area contributed by atoms with Crippen molar-refractivity contribution in [2.75, 3.05) is 13.2 Å². The van der Waals surface area contributed by atoms with Crippen molar-refractivity contribution in [3.63, 3.8) is 0 Å². The molecule has 6 nitrogen and oxygen atoms in total. The van der Waals surface area contributed by atoms with E-state index in [1.54, 1.807) is 12.1 Å². The molecule has 0 spiro atoms. The van der Waals surface area contributed by atoms with Gasteiger partial charge < -0.3 is 29.2 Å². The minimum Gasteiger partial charge on any atom is -0.394 e. The van der Waals surface area contributed by atoms with Crippen LogP contribution in [-0.2, 0) is 18.9 Å². The molecule has 0 aliphatic carbocycles. The zero-order chi connectivity index (χ0) is 21.4. The zero-order valence-corrected chi connectivity index (χ0v) is 18.1. The Bertz CT molecular complexity index is 905. The fourth-order valence-corrected chi connectivity index (χ4v) is 3.99. The molecule has 0 saturated carbocycles. The van der Waals surface area contributed by atoms with E-state index in [0.717, 1.165) is 22.3 Å². The van der Waals surface area contributed by atoms with E-state index in [1.165, 1.54) is 0 Å². The lowest BCUT2D eigenvalue weighted by Crippen LogP contribution is -2.58. The van der Waals surface area contributed by atoms with Gasteiger partial charge in [0.05, 0.1) is 13.2 Å². The number of halogens is 2. The molecular formula is C22H24Cl2O6. The molecule has 2 aromatic rings. The molecule has 2 aromatic carbocycles. The summed E-state index contributed by atoms with van der Waals surface area (Å²) in [4.78, 5) is 0. The number of aliphatic hydroxyl groups excluding tert-OH is 2. The maximum atomic E-state index is 10.4. The van der Waals surface area contributed by atoms with Crippen LogP contribution in [0, 0.1) is 13.8 Å². The first-order chi connectivity index (χ1) is 14.4. The Morgan fingerprint density at radius 2 is 1.67 bits per heavy atom. The van der Waals surface area contributed by atoms with Crippen molar-refractivity contribution < 1.29 is 29.2 Å². The molecular weight excluding hydrogens is 431 g/mol. The number of rotatable bonds is 4. The molecule has 2 N–H and O–H groups in total. The van der Waals surface area contributed by atoms with Gasteiger partial charge in [-0.2, -0.15) is 0 Å². The number of aryl methyl sites for hydroxylation is 2. The molecule has 0 radical (unpaired) electrons. The molecule has 0 amide bonds. The molecule has 2 fully saturated rings. The highest BCUT2D eigenvalue weighted by Gasteiger charge is 2.48. The molecule has 0 aromatic heterocycles. The molecule has 8 heteroatoms. The molecule has 30 heavy (non-hydrogen) atoms. The fraction of sp³-hybridized carbons (Fsp3) is 0.455. The van der Waals surface area contributed by atoms with Gasteiger partial charge in [0.1, 0.15) is 24.4 Å². The average molecular weight is 455 g/mol. The van der Waals surface area contributed by atoms with Gasteiger partial charge in [-0.05, 0) is 43.2 Å². The van der Waals surface area contributed by atoms with Crippen LogP contribution < -0.4 is 0 Å². The van der Waals surface area contributed by atoms with Gasteiger partial charge in [-0.15, -0.1) is 0 Å². The van der Waals surface area contributed by atoms with Crippen molar-refractivity contribution >= 4 is 23.2 Å². The third kappa shape index (κ3) is 4.38. The van der Waals surface area contributed by atoms with E-state index in [2.05, 4.69) is 0 Å². The van der Waals surface area contributed by atoms with Crippen LogP contribution in [0.5, 0.6) is 0 Å². The Hall–Kier alpha value is -1.22. The maximum absolute atomic E-state index is 10.4. The highest BCUT2D eigenvalue weighted by molar-refractivity contribution is 6.31. The van der Waals surface area contributed by atoms with Crippen molar-refractivity contribution in [3.05, 3.63) is 68.7 Å². The topological polar surface area (TPSA) is 77.4 Å². The summed E-state index contributed by atoms with van der Waals surface area (Å²) in [7, 11) is 0. The predicted octanol–water partition coefficient (Wildman–Crippen LogP) is 3.86. The fourth-order valence-electron chi connectivity index (χ4n) is 3.68. The van der Waals surface area contributed by atoms with Crippen LogP contribution >= 0.6 is 23.2 Å². The van der Waals surface area contributed by atoms with Crippen molar-refractivity contribution in [1.82, 2.24) is 0 Å². The molecule has 2 saturated heterocycles. The number of hydrogen-bond acceptors (Lipinski definition) is 6. The van der Waals surface area contributed by atoms with Gasteiger partial charge in [0.15, 0.2) is 12.6 Å². The Labute approximate surface area is 185 Å². The summed E-state index contributed by atoms with van der Waals surface area (Å²) in [6.07, 6.45) is -4.48. The Morgan fingerprint density at radius 1 is 0.933 bits per heavy atom. The predicted molar refractivity (Wildman–Crippen MR) is 112 cm³/mol. The smallest absolute Gasteiger partial charge is 0.184 e. The summed E-state index contributed by atoms with van der Waals surface area (Å²) in [5.41, 5.74) is 3.36. The molecule has 6 atom stereocenters. The van der Waals surface area contributed by atoms with Gasteiger partial charge in [-0.25, -0.2) is 0 Å². The zero-order valence-electron chi connectivity index (χ0n) is 16.6. The van der Waals surface area contributed by atoms with Gasteiger partial charge in [-0.3, -0.25) is 0 Å². The molecule has 162 valence electrons. The SMILES string of the molecule is Cc1cc(C2O[C@H]([C@H](O)CO)[C@@H]3OC(c4ccc(C)c(Cl)c4)OC[C@@H]3O2)ccc1Cl. The molecule has 2 aliphatic rings. The van der Waals surface area contributed by atoms with Gasteiger partial charge in [0.25, 0.3) is 0 Å². The van der Waals surface area contributed by atoms with E-state index in [-0.39, 0.29) is 6.61 Å². The summed E-state index contributed by atoms with van der Waals surface area (Å²) in [5, 5.41) is 21.3. The van der Waals surface area contributed by atoms with Gasteiger partial charge in [0, 0.05) is 21.2 Å². The molecule has 2 unspecified atom stereocenters. The van der Waals surface area contributed by atoms with E-state index in [0.29, 0.717) is 10.0 Å². The normalized spacial score (nSPS) is 30.0. The second kappa shape index (κ2) is 9.10. The number of hydrogen-bond donors (Lipinski definition) is 2. The van der Waals surface area contributed by atoms with Gasteiger partial charge in [-0.1, -0.05) is 41.4 Å². The van der Waals surface area contributed by atoms with Crippen molar-refractivity contribution in [3.8, 4) is 0 Å². The molecule has 4 rings (SSSR count). The largest absolute Gasteiger partial charge is 0.394 e. The first-order valence-electron chi connectivity index (χ1n) is 9.76. The number of ether oxygens (including phenoxy) is 4. The van der Waals surface area contributed by atoms with Crippen LogP contribution in [0.15, 0.2) is 36.4 Å². The Kier molecular flexibility index (Phi) is 6.67. The maximum Gasteiger partial charge on any atom is 0.184 e. The Balaban J connectivity index is 1.57. The molecule has 2 heterocycles.